The second-order valence-electron chi connectivity index (χ2n) is 5.17. The van der Waals surface area contributed by atoms with Crippen molar-refractivity contribution in [1.29, 1.82) is 0 Å². The molecular formula is C15H21N3O3. The summed E-state index contributed by atoms with van der Waals surface area (Å²) < 4.78 is 4.65. The van der Waals surface area contributed by atoms with Gasteiger partial charge in [0.05, 0.1) is 18.4 Å². The third-order valence-corrected chi connectivity index (χ3v) is 3.67. The van der Waals surface area contributed by atoms with Crippen molar-refractivity contribution < 1.29 is 14.3 Å². The maximum atomic E-state index is 11.4. The highest BCUT2D eigenvalue weighted by atomic mass is 16.5. The van der Waals surface area contributed by atoms with Crippen molar-refractivity contribution in [3.8, 4) is 0 Å². The van der Waals surface area contributed by atoms with Gasteiger partial charge >= 0.3 is 5.97 Å². The molecule has 2 heterocycles. The van der Waals surface area contributed by atoms with Crippen molar-refractivity contribution in [3.05, 3.63) is 29.6 Å². The van der Waals surface area contributed by atoms with Gasteiger partial charge in [-0.15, -0.1) is 0 Å². The molecule has 6 nitrogen and oxygen atoms in total. The summed E-state index contributed by atoms with van der Waals surface area (Å²) in [6.45, 7) is 5.72. The molecule has 0 unspecified atom stereocenters. The number of carbonyl (C=O) groups excluding carboxylic acids is 2. The second-order valence-corrected chi connectivity index (χ2v) is 5.17. The van der Waals surface area contributed by atoms with Gasteiger partial charge in [0, 0.05) is 45.8 Å². The highest BCUT2D eigenvalue weighted by Gasteiger charge is 2.17. The van der Waals surface area contributed by atoms with E-state index in [1.807, 2.05) is 11.0 Å². The van der Waals surface area contributed by atoms with Crippen molar-refractivity contribution >= 4 is 11.9 Å². The molecule has 1 aromatic heterocycles. The number of esters is 1. The molecule has 1 fully saturated rings. The summed E-state index contributed by atoms with van der Waals surface area (Å²) in [7, 11) is 1.36. The third kappa shape index (κ3) is 4.26. The predicted molar refractivity (Wildman–Crippen MR) is 77.7 cm³/mol. The van der Waals surface area contributed by atoms with Crippen LogP contribution in [0.4, 0.5) is 0 Å². The number of aromatic nitrogens is 1. The predicted octanol–water partition coefficient (Wildman–Crippen LogP) is 0.922. The average molecular weight is 291 g/mol. The summed E-state index contributed by atoms with van der Waals surface area (Å²) in [5, 5.41) is 0. The minimum atomic E-state index is -0.374. The molecule has 0 saturated carbocycles. The van der Waals surface area contributed by atoms with Gasteiger partial charge in [-0.25, -0.2) is 4.79 Å². The Morgan fingerprint density at radius 3 is 2.67 bits per heavy atom. The minimum Gasteiger partial charge on any atom is -0.465 e. The number of hydrogen-bond donors (Lipinski definition) is 0. The van der Waals surface area contributed by atoms with Gasteiger partial charge in [-0.2, -0.15) is 0 Å². The highest BCUT2D eigenvalue weighted by Crippen LogP contribution is 2.09. The fourth-order valence-electron chi connectivity index (χ4n) is 2.43. The van der Waals surface area contributed by atoms with E-state index in [-0.39, 0.29) is 11.9 Å². The van der Waals surface area contributed by atoms with Gasteiger partial charge in [0.25, 0.3) is 0 Å². The normalized spacial score (nSPS) is 16.4. The summed E-state index contributed by atoms with van der Waals surface area (Å²) in [6.07, 6.45) is 2.51. The van der Waals surface area contributed by atoms with E-state index < -0.39 is 0 Å². The molecule has 1 aromatic rings. The second kappa shape index (κ2) is 7.17. The minimum absolute atomic E-state index is 0.136. The molecular weight excluding hydrogens is 270 g/mol. The van der Waals surface area contributed by atoms with Crippen molar-refractivity contribution in [2.75, 3.05) is 33.3 Å². The van der Waals surface area contributed by atoms with Gasteiger partial charge in [-0.3, -0.25) is 14.7 Å². The monoisotopic (exact) mass is 291 g/mol. The van der Waals surface area contributed by atoms with Crippen LogP contribution in [0.1, 0.15) is 29.4 Å². The van der Waals surface area contributed by atoms with E-state index in [4.69, 9.17) is 0 Å². The Labute approximate surface area is 124 Å². The maximum absolute atomic E-state index is 11.4. The Morgan fingerprint density at radius 2 is 2.05 bits per heavy atom. The Kier molecular flexibility index (Phi) is 5.27. The molecule has 0 aromatic carbocycles. The summed E-state index contributed by atoms with van der Waals surface area (Å²) in [5.74, 6) is -0.238. The van der Waals surface area contributed by atoms with Crippen LogP contribution < -0.4 is 0 Å². The molecule has 0 bridgehead atoms. The largest absolute Gasteiger partial charge is 0.465 e. The molecule has 0 spiro atoms. The Morgan fingerprint density at radius 1 is 1.24 bits per heavy atom. The topological polar surface area (TPSA) is 62.7 Å². The zero-order valence-corrected chi connectivity index (χ0v) is 12.5. The number of carbonyl (C=O) groups is 2. The fraction of sp³-hybridized carbons (Fsp3) is 0.533. The molecule has 0 N–H and O–H groups in total. The van der Waals surface area contributed by atoms with E-state index in [0.717, 1.165) is 44.8 Å². The number of methoxy groups -OCH3 is 1. The van der Waals surface area contributed by atoms with Crippen LogP contribution in [-0.4, -0.2) is 59.9 Å². The number of hydrogen-bond acceptors (Lipinski definition) is 5. The van der Waals surface area contributed by atoms with Gasteiger partial charge in [-0.1, -0.05) is 0 Å². The van der Waals surface area contributed by atoms with Crippen LogP contribution in [-0.2, 0) is 16.1 Å². The maximum Gasteiger partial charge on any atom is 0.339 e. The Bertz CT molecular complexity index is 501. The quantitative estimate of drug-likeness (QED) is 0.775. The van der Waals surface area contributed by atoms with Crippen LogP contribution in [0.25, 0.3) is 0 Å². The lowest BCUT2D eigenvalue weighted by Crippen LogP contribution is -2.33. The van der Waals surface area contributed by atoms with Crippen molar-refractivity contribution in [2.45, 2.75) is 19.9 Å². The van der Waals surface area contributed by atoms with E-state index in [0.29, 0.717) is 5.56 Å². The summed E-state index contributed by atoms with van der Waals surface area (Å²) in [4.78, 5) is 31.2. The number of pyridine rings is 1. The summed E-state index contributed by atoms with van der Waals surface area (Å²) in [6, 6.07) is 3.58. The molecule has 1 saturated heterocycles. The van der Waals surface area contributed by atoms with Crippen LogP contribution in [0.3, 0.4) is 0 Å². The van der Waals surface area contributed by atoms with Gasteiger partial charge in [0.15, 0.2) is 0 Å². The van der Waals surface area contributed by atoms with E-state index >= 15 is 0 Å². The Balaban J connectivity index is 1.92. The molecule has 0 radical (unpaired) electrons. The Hall–Kier alpha value is -1.95. The highest BCUT2D eigenvalue weighted by molar-refractivity contribution is 5.88. The number of nitrogens with zero attached hydrogens (tertiary/aromatic N) is 3. The molecule has 1 aliphatic heterocycles. The molecule has 0 atom stereocenters. The van der Waals surface area contributed by atoms with Gasteiger partial charge in [-0.05, 0) is 18.6 Å². The van der Waals surface area contributed by atoms with Crippen LogP contribution >= 0.6 is 0 Å². The first-order chi connectivity index (χ1) is 10.1. The smallest absolute Gasteiger partial charge is 0.339 e. The zero-order chi connectivity index (χ0) is 15.2. The van der Waals surface area contributed by atoms with Gasteiger partial charge < -0.3 is 9.64 Å². The zero-order valence-electron chi connectivity index (χ0n) is 12.5. The van der Waals surface area contributed by atoms with E-state index in [1.54, 1.807) is 19.2 Å². The molecule has 2 rings (SSSR count). The summed E-state index contributed by atoms with van der Waals surface area (Å²) in [5.41, 5.74) is 1.37. The molecule has 114 valence electrons. The van der Waals surface area contributed by atoms with E-state index in [1.165, 1.54) is 7.11 Å². The number of ether oxygens (including phenoxy) is 1. The molecule has 1 aliphatic rings. The van der Waals surface area contributed by atoms with Crippen molar-refractivity contribution in [2.24, 2.45) is 0 Å². The fourth-order valence-corrected chi connectivity index (χ4v) is 2.43. The van der Waals surface area contributed by atoms with Crippen molar-refractivity contribution in [1.82, 2.24) is 14.8 Å². The lowest BCUT2D eigenvalue weighted by atomic mass is 10.2. The molecule has 0 aliphatic carbocycles. The lowest BCUT2D eigenvalue weighted by Gasteiger charge is -2.20. The first-order valence-corrected chi connectivity index (χ1v) is 7.11. The third-order valence-electron chi connectivity index (χ3n) is 3.67. The van der Waals surface area contributed by atoms with Crippen LogP contribution in [0.15, 0.2) is 18.3 Å². The standard InChI is InChI=1S/C15H21N3O3/c1-12(19)18-7-3-6-17(8-9-18)11-14-5-4-13(10-16-14)15(20)21-2/h4-5,10H,3,6-9,11H2,1-2H3. The van der Waals surface area contributed by atoms with Gasteiger partial charge in [0.2, 0.25) is 5.91 Å². The summed E-state index contributed by atoms with van der Waals surface area (Å²) >= 11 is 0. The van der Waals surface area contributed by atoms with E-state index in [2.05, 4.69) is 14.6 Å². The van der Waals surface area contributed by atoms with E-state index in [9.17, 15) is 9.59 Å². The number of rotatable bonds is 3. The van der Waals surface area contributed by atoms with Crippen molar-refractivity contribution in [3.63, 3.8) is 0 Å². The number of amides is 1. The van der Waals surface area contributed by atoms with Crippen LogP contribution in [0.2, 0.25) is 0 Å². The van der Waals surface area contributed by atoms with Crippen LogP contribution in [0, 0.1) is 0 Å². The average Bonchev–Trinajstić information content (AvgIpc) is 2.73. The van der Waals surface area contributed by atoms with Gasteiger partial charge in [0.1, 0.15) is 0 Å². The first-order valence-electron chi connectivity index (χ1n) is 7.11. The lowest BCUT2D eigenvalue weighted by molar-refractivity contribution is -0.128. The molecule has 1 amide bonds. The van der Waals surface area contributed by atoms with Crippen LogP contribution in [0.5, 0.6) is 0 Å². The first kappa shape index (κ1) is 15.4. The molecule has 21 heavy (non-hydrogen) atoms. The SMILES string of the molecule is COC(=O)c1ccc(CN2CCCN(C(C)=O)CC2)nc1. The molecule has 6 heteroatoms.